The Hall–Kier alpha value is -1.89. The average molecular weight is 162 g/mol. The first kappa shape index (κ1) is 8.21. The van der Waals surface area contributed by atoms with Crippen LogP contribution < -0.4 is 0 Å². The van der Waals surface area contributed by atoms with Crippen molar-refractivity contribution in [2.45, 2.75) is 0 Å². The minimum absolute atomic E-state index is 0.0211. The van der Waals surface area contributed by atoms with Crippen LogP contribution in [0.5, 0.6) is 0 Å². The first-order chi connectivity index (χ1) is 5.84. The predicted molar refractivity (Wildman–Crippen MR) is 41.1 cm³/mol. The van der Waals surface area contributed by atoms with Gasteiger partial charge in [-0.3, -0.25) is 0 Å². The van der Waals surface area contributed by atoms with Gasteiger partial charge in [0.2, 0.25) is 5.82 Å². The maximum absolute atomic E-state index is 11.0. The number of hydrogen-bond acceptors (Lipinski definition) is 4. The Morgan fingerprint density at radius 3 is 2.83 bits per heavy atom. The van der Waals surface area contributed by atoms with Crippen LogP contribution >= 0.6 is 0 Å². The molecule has 1 aromatic heterocycles. The van der Waals surface area contributed by atoms with Gasteiger partial charge in [0, 0.05) is 12.4 Å². The summed E-state index contributed by atoms with van der Waals surface area (Å²) in [7, 11) is 0. The molecule has 0 N–H and O–H groups in total. The normalized spacial score (nSPS) is 8.58. The standard InChI is InChI=1S/C8H6N2O2/c1-2-6-12-8(11)7-9-4-3-5-10-7/h1,3-5H,6H2. The lowest BCUT2D eigenvalue weighted by molar-refractivity contribution is 0.0542. The summed E-state index contributed by atoms with van der Waals surface area (Å²) in [6.07, 6.45) is 7.80. The second kappa shape index (κ2) is 4.09. The van der Waals surface area contributed by atoms with Gasteiger partial charge in [-0.05, 0) is 6.07 Å². The van der Waals surface area contributed by atoms with E-state index in [1.807, 2.05) is 0 Å². The highest BCUT2D eigenvalue weighted by Crippen LogP contribution is 1.90. The van der Waals surface area contributed by atoms with Gasteiger partial charge >= 0.3 is 5.97 Å². The molecule has 1 heterocycles. The molecule has 0 aliphatic carbocycles. The molecule has 0 saturated carbocycles. The zero-order valence-corrected chi connectivity index (χ0v) is 6.23. The number of terminal acetylenes is 1. The number of nitrogens with zero attached hydrogens (tertiary/aromatic N) is 2. The van der Waals surface area contributed by atoms with E-state index in [4.69, 9.17) is 6.42 Å². The highest BCUT2D eigenvalue weighted by molar-refractivity contribution is 5.84. The van der Waals surface area contributed by atoms with Crippen molar-refractivity contribution in [3.63, 3.8) is 0 Å². The van der Waals surface area contributed by atoms with E-state index in [0.717, 1.165) is 0 Å². The van der Waals surface area contributed by atoms with Crippen LogP contribution in [0.25, 0.3) is 0 Å². The number of carbonyl (C=O) groups excluding carboxylic acids is 1. The SMILES string of the molecule is C#CCOC(=O)c1ncccn1. The molecular formula is C8H6N2O2. The van der Waals surface area contributed by atoms with E-state index in [2.05, 4.69) is 20.6 Å². The van der Waals surface area contributed by atoms with Crippen LogP contribution in [0.2, 0.25) is 0 Å². The Labute approximate surface area is 69.6 Å². The van der Waals surface area contributed by atoms with Crippen LogP contribution in [0.15, 0.2) is 18.5 Å². The lowest BCUT2D eigenvalue weighted by atomic mass is 10.5. The van der Waals surface area contributed by atoms with Gasteiger partial charge < -0.3 is 4.74 Å². The first-order valence-corrected chi connectivity index (χ1v) is 3.22. The zero-order valence-electron chi connectivity index (χ0n) is 6.23. The zero-order chi connectivity index (χ0) is 8.81. The van der Waals surface area contributed by atoms with Crippen LogP contribution in [-0.2, 0) is 4.74 Å². The third-order valence-electron chi connectivity index (χ3n) is 1.03. The quantitative estimate of drug-likeness (QED) is 0.462. The van der Waals surface area contributed by atoms with E-state index in [0.29, 0.717) is 0 Å². The summed E-state index contributed by atoms with van der Waals surface area (Å²) < 4.78 is 4.58. The molecule has 0 amide bonds. The van der Waals surface area contributed by atoms with Crippen molar-refractivity contribution in [2.75, 3.05) is 6.61 Å². The fraction of sp³-hybridized carbons (Fsp3) is 0.125. The van der Waals surface area contributed by atoms with Gasteiger partial charge in [0.1, 0.15) is 0 Å². The number of carbonyl (C=O) groups is 1. The summed E-state index contributed by atoms with van der Waals surface area (Å²) in [6.45, 7) is -0.0584. The molecule has 0 bridgehead atoms. The summed E-state index contributed by atoms with van der Waals surface area (Å²) in [5, 5.41) is 0. The van der Waals surface area contributed by atoms with E-state index < -0.39 is 5.97 Å². The molecule has 4 nitrogen and oxygen atoms in total. The van der Waals surface area contributed by atoms with Crippen molar-refractivity contribution in [1.82, 2.24) is 9.97 Å². The Morgan fingerprint density at radius 1 is 1.58 bits per heavy atom. The summed E-state index contributed by atoms with van der Waals surface area (Å²) in [6, 6.07) is 1.61. The number of rotatable bonds is 2. The topological polar surface area (TPSA) is 52.1 Å². The molecule has 0 radical (unpaired) electrons. The summed E-state index contributed by atoms with van der Waals surface area (Å²) in [4.78, 5) is 18.3. The number of aromatic nitrogens is 2. The van der Waals surface area contributed by atoms with Crippen molar-refractivity contribution in [3.05, 3.63) is 24.3 Å². The van der Waals surface area contributed by atoms with Gasteiger partial charge in [0.05, 0.1) is 0 Å². The highest BCUT2D eigenvalue weighted by atomic mass is 16.5. The number of ether oxygens (including phenoxy) is 1. The molecule has 0 aliphatic heterocycles. The summed E-state index contributed by atoms with van der Waals surface area (Å²) >= 11 is 0. The number of esters is 1. The molecule has 0 unspecified atom stereocenters. The van der Waals surface area contributed by atoms with Crippen molar-refractivity contribution >= 4 is 5.97 Å². The van der Waals surface area contributed by atoms with E-state index in [9.17, 15) is 4.79 Å². The van der Waals surface area contributed by atoms with Crippen molar-refractivity contribution in [2.24, 2.45) is 0 Å². The Bertz CT molecular complexity index is 303. The molecule has 4 heteroatoms. The third kappa shape index (κ3) is 2.06. The largest absolute Gasteiger partial charge is 0.447 e. The van der Waals surface area contributed by atoms with Crippen molar-refractivity contribution in [3.8, 4) is 12.3 Å². The lowest BCUT2D eigenvalue weighted by Crippen LogP contribution is -2.09. The molecule has 0 fully saturated rings. The van der Waals surface area contributed by atoms with Crippen LogP contribution in [0, 0.1) is 12.3 Å². The third-order valence-corrected chi connectivity index (χ3v) is 1.03. The lowest BCUT2D eigenvalue weighted by Gasteiger charge is -1.96. The Balaban J connectivity index is 2.61. The smallest absolute Gasteiger partial charge is 0.377 e. The number of hydrogen-bond donors (Lipinski definition) is 0. The van der Waals surface area contributed by atoms with E-state index in [1.54, 1.807) is 6.07 Å². The maximum atomic E-state index is 11.0. The average Bonchev–Trinajstić information content (AvgIpc) is 2.15. The van der Waals surface area contributed by atoms with Gasteiger partial charge in [0.25, 0.3) is 0 Å². The van der Waals surface area contributed by atoms with E-state index >= 15 is 0 Å². The van der Waals surface area contributed by atoms with Gasteiger partial charge in [-0.1, -0.05) is 5.92 Å². The molecule has 1 aromatic rings. The Morgan fingerprint density at radius 2 is 2.25 bits per heavy atom. The minimum atomic E-state index is -0.603. The predicted octanol–water partition coefficient (Wildman–Crippen LogP) is 0.267. The van der Waals surface area contributed by atoms with Gasteiger partial charge in [0.15, 0.2) is 6.61 Å². The van der Waals surface area contributed by atoms with Crippen LogP contribution in [0.3, 0.4) is 0 Å². The van der Waals surface area contributed by atoms with Gasteiger partial charge in [-0.25, -0.2) is 14.8 Å². The minimum Gasteiger partial charge on any atom is -0.447 e. The second-order valence-corrected chi connectivity index (χ2v) is 1.85. The van der Waals surface area contributed by atoms with Crippen LogP contribution in [0.4, 0.5) is 0 Å². The molecule has 0 saturated heterocycles. The molecule has 12 heavy (non-hydrogen) atoms. The van der Waals surface area contributed by atoms with E-state index in [-0.39, 0.29) is 12.4 Å². The van der Waals surface area contributed by atoms with Crippen molar-refractivity contribution < 1.29 is 9.53 Å². The van der Waals surface area contributed by atoms with Gasteiger partial charge in [-0.2, -0.15) is 0 Å². The molecule has 0 atom stereocenters. The molecule has 1 rings (SSSR count). The first-order valence-electron chi connectivity index (χ1n) is 3.22. The van der Waals surface area contributed by atoms with E-state index in [1.165, 1.54) is 12.4 Å². The Kier molecular flexibility index (Phi) is 2.79. The summed E-state index contributed by atoms with van der Waals surface area (Å²) in [5.41, 5.74) is 0. The summed E-state index contributed by atoms with van der Waals surface area (Å²) in [5.74, 6) is 1.59. The van der Waals surface area contributed by atoms with Crippen molar-refractivity contribution in [1.29, 1.82) is 0 Å². The molecule has 0 spiro atoms. The fourth-order valence-electron chi connectivity index (χ4n) is 0.576. The fourth-order valence-corrected chi connectivity index (χ4v) is 0.576. The maximum Gasteiger partial charge on any atom is 0.377 e. The highest BCUT2D eigenvalue weighted by Gasteiger charge is 2.07. The molecular weight excluding hydrogens is 156 g/mol. The molecule has 0 aliphatic rings. The van der Waals surface area contributed by atoms with Gasteiger partial charge in [-0.15, -0.1) is 6.42 Å². The van der Waals surface area contributed by atoms with Crippen LogP contribution in [-0.4, -0.2) is 22.5 Å². The second-order valence-electron chi connectivity index (χ2n) is 1.85. The van der Waals surface area contributed by atoms with Crippen LogP contribution in [0.1, 0.15) is 10.6 Å². The molecule has 60 valence electrons. The monoisotopic (exact) mass is 162 g/mol. The molecule has 0 aromatic carbocycles.